The van der Waals surface area contributed by atoms with Crippen molar-refractivity contribution in [2.45, 2.75) is 6.42 Å². The summed E-state index contributed by atoms with van der Waals surface area (Å²) >= 11 is 0. The van der Waals surface area contributed by atoms with Crippen molar-refractivity contribution >= 4 is 23.6 Å². The summed E-state index contributed by atoms with van der Waals surface area (Å²) in [6.45, 7) is 7.32. The van der Waals surface area contributed by atoms with Gasteiger partial charge < -0.3 is 24.6 Å². The summed E-state index contributed by atoms with van der Waals surface area (Å²) in [7, 11) is 1.56. The third kappa shape index (κ3) is 7.14. The molecule has 0 saturated carbocycles. The van der Waals surface area contributed by atoms with Crippen molar-refractivity contribution in [1.29, 1.82) is 0 Å². The van der Waals surface area contributed by atoms with E-state index in [1.165, 1.54) is 11.8 Å². The van der Waals surface area contributed by atoms with E-state index in [0.29, 0.717) is 37.7 Å². The van der Waals surface area contributed by atoms with E-state index in [0.717, 1.165) is 18.7 Å². The third-order valence-corrected chi connectivity index (χ3v) is 5.36. The minimum absolute atomic E-state index is 0.0619. The highest BCUT2D eigenvalue weighted by Crippen LogP contribution is 2.28. The zero-order chi connectivity index (χ0) is 23.5. The fraction of sp³-hybridized carbons (Fsp3) is 0.308. The lowest BCUT2D eigenvalue weighted by atomic mass is 10.2. The number of amides is 2. The molecule has 1 N–H and O–H groups in total. The zero-order valence-corrected chi connectivity index (χ0v) is 19.0. The fourth-order valence-electron chi connectivity index (χ4n) is 3.59. The molecule has 7 heteroatoms. The molecule has 0 bridgehead atoms. The Kier molecular flexibility index (Phi) is 8.94. The third-order valence-electron chi connectivity index (χ3n) is 5.36. The number of nitrogens with zero attached hydrogens (tertiary/aromatic N) is 2. The highest BCUT2D eigenvalue weighted by molar-refractivity contribution is 5.92. The number of anilines is 1. The van der Waals surface area contributed by atoms with Crippen LogP contribution in [0.15, 0.2) is 67.3 Å². The Labute approximate surface area is 195 Å². The van der Waals surface area contributed by atoms with Crippen LogP contribution in [-0.4, -0.2) is 63.2 Å². The van der Waals surface area contributed by atoms with Crippen LogP contribution in [0.25, 0.3) is 6.08 Å². The van der Waals surface area contributed by atoms with E-state index >= 15 is 0 Å². The maximum Gasteiger partial charge on any atom is 0.244 e. The van der Waals surface area contributed by atoms with Crippen LogP contribution in [0, 0.1) is 0 Å². The first-order valence-corrected chi connectivity index (χ1v) is 11.1. The van der Waals surface area contributed by atoms with Crippen LogP contribution in [0.5, 0.6) is 11.5 Å². The first-order chi connectivity index (χ1) is 16.1. The van der Waals surface area contributed by atoms with Gasteiger partial charge in [0.2, 0.25) is 11.8 Å². The highest BCUT2D eigenvalue weighted by Gasteiger charge is 2.20. The Hall–Kier alpha value is -3.74. The lowest BCUT2D eigenvalue weighted by molar-refractivity contribution is -0.131. The molecule has 174 valence electrons. The minimum atomic E-state index is -0.248. The van der Waals surface area contributed by atoms with Crippen LogP contribution in [0.3, 0.4) is 0 Å². The maximum absolute atomic E-state index is 12.5. The van der Waals surface area contributed by atoms with E-state index in [4.69, 9.17) is 9.47 Å². The number of benzene rings is 2. The largest absolute Gasteiger partial charge is 0.493 e. The van der Waals surface area contributed by atoms with E-state index in [9.17, 15) is 9.59 Å². The molecule has 1 fully saturated rings. The predicted molar refractivity (Wildman–Crippen MR) is 131 cm³/mol. The Morgan fingerprint density at radius 3 is 2.52 bits per heavy atom. The van der Waals surface area contributed by atoms with Crippen LogP contribution in [0.4, 0.5) is 5.69 Å². The van der Waals surface area contributed by atoms with Gasteiger partial charge in [-0.3, -0.25) is 9.59 Å². The molecule has 3 rings (SSSR count). The molecule has 1 saturated heterocycles. The smallest absolute Gasteiger partial charge is 0.244 e. The molecule has 1 heterocycles. The Morgan fingerprint density at radius 2 is 1.82 bits per heavy atom. The topological polar surface area (TPSA) is 71.1 Å². The number of carbonyl (C=O) groups excluding carboxylic acids is 2. The quantitative estimate of drug-likeness (QED) is 0.446. The SMILES string of the molecule is C=CCOc1ccc(/C=C/C(=O)NCCC(=O)N2CCN(c3ccccc3)CC2)cc1OC. The fourth-order valence-corrected chi connectivity index (χ4v) is 3.59. The molecule has 0 spiro atoms. The number of methoxy groups -OCH3 is 1. The Balaban J connectivity index is 1.40. The second kappa shape index (κ2) is 12.3. The van der Waals surface area contributed by atoms with Gasteiger partial charge in [-0.05, 0) is 35.9 Å². The summed E-state index contributed by atoms with van der Waals surface area (Å²) in [5, 5.41) is 2.77. The molecule has 7 nitrogen and oxygen atoms in total. The molecule has 2 aromatic rings. The van der Waals surface area contributed by atoms with Gasteiger partial charge in [0.05, 0.1) is 7.11 Å². The van der Waals surface area contributed by atoms with Crippen molar-refractivity contribution in [3.63, 3.8) is 0 Å². The first kappa shape index (κ1) is 23.9. The number of carbonyl (C=O) groups is 2. The van der Waals surface area contributed by atoms with Gasteiger partial charge in [-0.15, -0.1) is 0 Å². The number of hydrogen-bond acceptors (Lipinski definition) is 5. The van der Waals surface area contributed by atoms with Crippen molar-refractivity contribution in [2.75, 3.05) is 51.3 Å². The Bertz CT molecular complexity index is 967. The van der Waals surface area contributed by atoms with Crippen molar-refractivity contribution in [3.05, 3.63) is 72.8 Å². The van der Waals surface area contributed by atoms with E-state index in [2.05, 4.69) is 28.9 Å². The number of ether oxygens (including phenoxy) is 2. The van der Waals surface area contributed by atoms with Crippen LogP contribution >= 0.6 is 0 Å². The summed E-state index contributed by atoms with van der Waals surface area (Å²) in [6.07, 6.45) is 5.09. The van der Waals surface area contributed by atoms with Crippen LogP contribution in [0.1, 0.15) is 12.0 Å². The number of para-hydroxylation sites is 1. The van der Waals surface area contributed by atoms with Gasteiger partial charge >= 0.3 is 0 Å². The number of rotatable bonds is 10. The summed E-state index contributed by atoms with van der Waals surface area (Å²) in [5.41, 5.74) is 1.99. The summed E-state index contributed by atoms with van der Waals surface area (Å²) < 4.78 is 10.9. The molecule has 2 aromatic carbocycles. The van der Waals surface area contributed by atoms with E-state index in [-0.39, 0.29) is 18.2 Å². The van der Waals surface area contributed by atoms with Crippen LogP contribution in [-0.2, 0) is 9.59 Å². The maximum atomic E-state index is 12.5. The van der Waals surface area contributed by atoms with Gasteiger partial charge in [0.15, 0.2) is 11.5 Å². The molecule has 0 atom stereocenters. The molecular weight excluding hydrogens is 418 g/mol. The molecule has 1 aliphatic heterocycles. The van der Waals surface area contributed by atoms with E-state index < -0.39 is 0 Å². The van der Waals surface area contributed by atoms with Gasteiger partial charge in [0, 0.05) is 50.9 Å². The number of nitrogens with one attached hydrogen (secondary N) is 1. The Morgan fingerprint density at radius 1 is 1.06 bits per heavy atom. The molecule has 2 amide bonds. The van der Waals surface area contributed by atoms with Gasteiger partial charge in [0.1, 0.15) is 6.61 Å². The molecule has 0 radical (unpaired) electrons. The van der Waals surface area contributed by atoms with E-state index in [1.54, 1.807) is 31.4 Å². The highest BCUT2D eigenvalue weighted by atomic mass is 16.5. The zero-order valence-electron chi connectivity index (χ0n) is 19.0. The first-order valence-electron chi connectivity index (χ1n) is 11.1. The van der Waals surface area contributed by atoms with Gasteiger partial charge in [-0.1, -0.05) is 36.9 Å². The predicted octanol–water partition coefficient (Wildman–Crippen LogP) is 3.13. The van der Waals surface area contributed by atoms with Crippen molar-refractivity contribution < 1.29 is 19.1 Å². The lowest BCUT2D eigenvalue weighted by Gasteiger charge is -2.36. The van der Waals surface area contributed by atoms with Crippen molar-refractivity contribution in [2.24, 2.45) is 0 Å². The summed E-state index contributed by atoms with van der Waals surface area (Å²) in [6, 6.07) is 15.6. The van der Waals surface area contributed by atoms with Crippen molar-refractivity contribution in [3.8, 4) is 11.5 Å². The normalized spacial score (nSPS) is 13.6. The van der Waals surface area contributed by atoms with Crippen LogP contribution in [0.2, 0.25) is 0 Å². The molecule has 0 aliphatic carbocycles. The minimum Gasteiger partial charge on any atom is -0.493 e. The molecule has 33 heavy (non-hydrogen) atoms. The summed E-state index contributed by atoms with van der Waals surface area (Å²) in [4.78, 5) is 28.8. The second-order valence-corrected chi connectivity index (χ2v) is 7.59. The standard InChI is InChI=1S/C26H31N3O4/c1-3-19-33-23-11-9-21(20-24(23)32-2)10-12-25(30)27-14-13-26(31)29-17-15-28(16-18-29)22-7-5-4-6-8-22/h3-12,20H,1,13-19H2,2H3,(H,27,30)/b12-10+. The van der Waals surface area contributed by atoms with Gasteiger partial charge in [-0.2, -0.15) is 0 Å². The second-order valence-electron chi connectivity index (χ2n) is 7.59. The number of piperazine rings is 1. The number of hydrogen-bond donors (Lipinski definition) is 1. The van der Waals surface area contributed by atoms with Gasteiger partial charge in [-0.25, -0.2) is 0 Å². The monoisotopic (exact) mass is 449 g/mol. The van der Waals surface area contributed by atoms with Crippen molar-refractivity contribution in [1.82, 2.24) is 10.2 Å². The lowest BCUT2D eigenvalue weighted by Crippen LogP contribution is -2.49. The summed E-state index contributed by atoms with van der Waals surface area (Å²) in [5.74, 6) is 1.01. The van der Waals surface area contributed by atoms with E-state index in [1.807, 2.05) is 29.2 Å². The molecule has 1 aliphatic rings. The van der Waals surface area contributed by atoms with Gasteiger partial charge in [0.25, 0.3) is 0 Å². The van der Waals surface area contributed by atoms with Crippen LogP contribution < -0.4 is 19.7 Å². The molecular formula is C26H31N3O4. The average Bonchev–Trinajstić information content (AvgIpc) is 2.87. The molecule has 0 unspecified atom stereocenters. The average molecular weight is 450 g/mol. The molecule has 0 aromatic heterocycles.